The van der Waals surface area contributed by atoms with Gasteiger partial charge in [-0.05, 0) is 49.7 Å². The minimum atomic E-state index is 0.558. The molecular formula is C19H23ClN2O3. The SMILES string of the molecule is CCOc1ccc(Cl)cc1/C(C)=N/NCc1ccc(OC)c(OC)c1. The highest BCUT2D eigenvalue weighted by Gasteiger charge is 2.08. The molecule has 0 atom stereocenters. The number of nitrogens with one attached hydrogen (secondary N) is 1. The van der Waals surface area contributed by atoms with Gasteiger partial charge in [0.05, 0.1) is 33.1 Å². The monoisotopic (exact) mass is 362 g/mol. The van der Waals surface area contributed by atoms with Crippen molar-refractivity contribution >= 4 is 17.3 Å². The largest absolute Gasteiger partial charge is 0.493 e. The van der Waals surface area contributed by atoms with E-state index >= 15 is 0 Å². The third-order valence-electron chi connectivity index (χ3n) is 3.61. The lowest BCUT2D eigenvalue weighted by Gasteiger charge is -2.11. The van der Waals surface area contributed by atoms with Crippen LogP contribution in [0.3, 0.4) is 0 Å². The zero-order valence-corrected chi connectivity index (χ0v) is 15.7. The first-order chi connectivity index (χ1) is 12.1. The van der Waals surface area contributed by atoms with E-state index in [1.165, 1.54) is 0 Å². The van der Waals surface area contributed by atoms with Crippen LogP contribution in [0.1, 0.15) is 25.0 Å². The summed E-state index contributed by atoms with van der Waals surface area (Å²) in [7, 11) is 3.23. The first-order valence-corrected chi connectivity index (χ1v) is 8.37. The van der Waals surface area contributed by atoms with Gasteiger partial charge in [-0.3, -0.25) is 0 Å². The fourth-order valence-corrected chi connectivity index (χ4v) is 2.54. The van der Waals surface area contributed by atoms with Gasteiger partial charge in [0.1, 0.15) is 5.75 Å². The molecule has 0 fully saturated rings. The lowest BCUT2D eigenvalue weighted by Crippen LogP contribution is -2.10. The molecule has 0 aliphatic carbocycles. The summed E-state index contributed by atoms with van der Waals surface area (Å²) >= 11 is 6.10. The Bertz CT molecular complexity index is 747. The minimum absolute atomic E-state index is 0.558. The van der Waals surface area contributed by atoms with Crippen molar-refractivity contribution in [3.63, 3.8) is 0 Å². The van der Waals surface area contributed by atoms with Crippen LogP contribution in [0.5, 0.6) is 17.2 Å². The maximum Gasteiger partial charge on any atom is 0.161 e. The number of hydrogen-bond donors (Lipinski definition) is 1. The van der Waals surface area contributed by atoms with Gasteiger partial charge >= 0.3 is 0 Å². The molecule has 25 heavy (non-hydrogen) atoms. The summed E-state index contributed by atoms with van der Waals surface area (Å²) < 4.78 is 16.2. The Morgan fingerprint density at radius 2 is 1.76 bits per heavy atom. The fraction of sp³-hybridized carbons (Fsp3) is 0.316. The summed E-state index contributed by atoms with van der Waals surface area (Å²) in [6.07, 6.45) is 0. The molecule has 2 rings (SSSR count). The molecule has 0 amide bonds. The van der Waals surface area contributed by atoms with Crippen molar-refractivity contribution in [2.24, 2.45) is 5.10 Å². The van der Waals surface area contributed by atoms with Crippen LogP contribution in [-0.4, -0.2) is 26.5 Å². The topological polar surface area (TPSA) is 52.1 Å². The second-order valence-electron chi connectivity index (χ2n) is 5.29. The van der Waals surface area contributed by atoms with E-state index in [-0.39, 0.29) is 0 Å². The maximum atomic E-state index is 6.10. The summed E-state index contributed by atoms with van der Waals surface area (Å²) in [4.78, 5) is 0. The van der Waals surface area contributed by atoms with Crippen molar-refractivity contribution in [2.45, 2.75) is 20.4 Å². The number of rotatable bonds is 8. The second kappa shape index (κ2) is 9.18. The van der Waals surface area contributed by atoms with E-state index in [0.717, 1.165) is 22.6 Å². The van der Waals surface area contributed by atoms with Gasteiger partial charge in [0.15, 0.2) is 11.5 Å². The third kappa shape index (κ3) is 5.03. The summed E-state index contributed by atoms with van der Waals surface area (Å²) in [6, 6.07) is 11.3. The smallest absolute Gasteiger partial charge is 0.161 e. The van der Waals surface area contributed by atoms with E-state index in [0.29, 0.717) is 29.7 Å². The third-order valence-corrected chi connectivity index (χ3v) is 3.84. The highest BCUT2D eigenvalue weighted by atomic mass is 35.5. The molecule has 0 bridgehead atoms. The van der Waals surface area contributed by atoms with Crippen LogP contribution in [0, 0.1) is 0 Å². The van der Waals surface area contributed by atoms with Crippen LogP contribution in [0.4, 0.5) is 0 Å². The molecule has 0 aliphatic rings. The summed E-state index contributed by atoms with van der Waals surface area (Å²) in [5.74, 6) is 2.16. The number of halogens is 1. The normalized spacial score (nSPS) is 11.2. The first kappa shape index (κ1) is 18.9. The molecular weight excluding hydrogens is 340 g/mol. The van der Waals surface area contributed by atoms with Crippen molar-refractivity contribution < 1.29 is 14.2 Å². The van der Waals surface area contributed by atoms with Crippen molar-refractivity contribution in [1.82, 2.24) is 5.43 Å². The van der Waals surface area contributed by atoms with Crippen molar-refractivity contribution in [3.05, 3.63) is 52.5 Å². The number of methoxy groups -OCH3 is 2. The van der Waals surface area contributed by atoms with Crippen LogP contribution in [-0.2, 0) is 6.54 Å². The molecule has 2 aromatic rings. The van der Waals surface area contributed by atoms with E-state index in [1.807, 2.05) is 44.2 Å². The molecule has 0 saturated carbocycles. The Morgan fingerprint density at radius 3 is 2.44 bits per heavy atom. The Hall–Kier alpha value is -2.40. The Morgan fingerprint density at radius 1 is 1.04 bits per heavy atom. The fourth-order valence-electron chi connectivity index (χ4n) is 2.37. The minimum Gasteiger partial charge on any atom is -0.493 e. The molecule has 0 aromatic heterocycles. The van der Waals surface area contributed by atoms with Gasteiger partial charge in [-0.15, -0.1) is 0 Å². The van der Waals surface area contributed by atoms with Crippen LogP contribution in [0.2, 0.25) is 5.02 Å². The molecule has 5 nitrogen and oxygen atoms in total. The molecule has 2 aromatic carbocycles. The summed E-state index contributed by atoms with van der Waals surface area (Å²) in [6.45, 7) is 5.00. The highest BCUT2D eigenvalue weighted by Crippen LogP contribution is 2.27. The average molecular weight is 363 g/mol. The van der Waals surface area contributed by atoms with Crippen molar-refractivity contribution in [2.75, 3.05) is 20.8 Å². The Kier molecular flexibility index (Phi) is 6.95. The van der Waals surface area contributed by atoms with Gasteiger partial charge in [0.2, 0.25) is 0 Å². The summed E-state index contributed by atoms with van der Waals surface area (Å²) in [5.41, 5.74) is 5.77. The maximum absolute atomic E-state index is 6.10. The van der Waals surface area contributed by atoms with E-state index in [2.05, 4.69) is 10.5 Å². The van der Waals surface area contributed by atoms with Gasteiger partial charge in [0.25, 0.3) is 0 Å². The summed E-state index contributed by atoms with van der Waals surface area (Å²) in [5, 5.41) is 5.07. The molecule has 0 heterocycles. The lowest BCUT2D eigenvalue weighted by molar-refractivity contribution is 0.339. The zero-order valence-electron chi connectivity index (χ0n) is 14.9. The zero-order chi connectivity index (χ0) is 18.2. The number of benzene rings is 2. The van der Waals surface area contributed by atoms with Crippen LogP contribution in [0.15, 0.2) is 41.5 Å². The molecule has 0 radical (unpaired) electrons. The van der Waals surface area contributed by atoms with Gasteiger partial charge in [-0.1, -0.05) is 17.7 Å². The van der Waals surface area contributed by atoms with Gasteiger partial charge in [0, 0.05) is 10.6 Å². The first-order valence-electron chi connectivity index (χ1n) is 7.99. The Balaban J connectivity index is 2.11. The highest BCUT2D eigenvalue weighted by molar-refractivity contribution is 6.31. The molecule has 0 spiro atoms. The van der Waals surface area contributed by atoms with Crippen molar-refractivity contribution in [1.29, 1.82) is 0 Å². The number of nitrogens with zero attached hydrogens (tertiary/aromatic N) is 1. The molecule has 0 unspecified atom stereocenters. The predicted octanol–water partition coefficient (Wildman–Crippen LogP) is 4.27. The standard InChI is InChI=1S/C19H23ClN2O3/c1-5-25-17-9-7-15(20)11-16(17)13(2)22-21-12-14-6-8-18(23-3)19(10-14)24-4/h6-11,21H,5,12H2,1-4H3/b22-13+. The lowest BCUT2D eigenvalue weighted by atomic mass is 10.1. The number of hydrogen-bond acceptors (Lipinski definition) is 5. The van der Waals surface area contributed by atoms with Gasteiger partial charge < -0.3 is 19.6 Å². The van der Waals surface area contributed by atoms with Gasteiger partial charge in [-0.25, -0.2) is 0 Å². The van der Waals surface area contributed by atoms with E-state index in [1.54, 1.807) is 20.3 Å². The van der Waals surface area contributed by atoms with Crippen LogP contribution >= 0.6 is 11.6 Å². The molecule has 134 valence electrons. The van der Waals surface area contributed by atoms with Crippen molar-refractivity contribution in [3.8, 4) is 17.2 Å². The Labute approximate surface area is 153 Å². The molecule has 1 N–H and O–H groups in total. The van der Waals surface area contributed by atoms with E-state index < -0.39 is 0 Å². The van der Waals surface area contributed by atoms with E-state index in [4.69, 9.17) is 25.8 Å². The van der Waals surface area contributed by atoms with E-state index in [9.17, 15) is 0 Å². The average Bonchev–Trinajstić information content (AvgIpc) is 2.63. The molecule has 6 heteroatoms. The van der Waals surface area contributed by atoms with Crippen LogP contribution < -0.4 is 19.6 Å². The predicted molar refractivity (Wildman–Crippen MR) is 101 cm³/mol. The number of ether oxygens (including phenoxy) is 3. The molecule has 0 aliphatic heterocycles. The molecule has 0 saturated heterocycles. The second-order valence-corrected chi connectivity index (χ2v) is 5.73. The quantitative estimate of drug-likeness (QED) is 0.562. The van der Waals surface area contributed by atoms with Crippen LogP contribution in [0.25, 0.3) is 0 Å². The van der Waals surface area contributed by atoms with Gasteiger partial charge in [-0.2, -0.15) is 5.10 Å². The number of hydrazone groups is 1.